The molecule has 0 aromatic heterocycles. The zero-order valence-corrected chi connectivity index (χ0v) is 17.3. The summed E-state index contributed by atoms with van der Waals surface area (Å²) in [6.45, 7) is 5.51. The first-order valence-electron chi connectivity index (χ1n) is 9.07. The largest absolute Gasteiger partial charge is 0.504 e. The molecule has 2 aromatic carbocycles. The predicted octanol–water partition coefficient (Wildman–Crippen LogP) is 6.15. The SMILES string of the molecule is CCCCCc1ccc(OC(C)C(=O)Nc2cc(Cl)c(C)c(Cl)c2O)cc1. The van der Waals surface area contributed by atoms with Crippen LogP contribution in [-0.4, -0.2) is 17.1 Å². The average molecular weight is 410 g/mol. The van der Waals surface area contributed by atoms with Crippen LogP contribution in [0.2, 0.25) is 10.0 Å². The van der Waals surface area contributed by atoms with Crippen molar-refractivity contribution in [3.63, 3.8) is 0 Å². The lowest BCUT2D eigenvalue weighted by atomic mass is 10.1. The number of aryl methyl sites for hydroxylation is 1. The number of phenols is 1. The third-order valence-electron chi connectivity index (χ3n) is 4.35. The Kier molecular flexibility index (Phi) is 7.81. The topological polar surface area (TPSA) is 58.6 Å². The van der Waals surface area contributed by atoms with Crippen molar-refractivity contribution in [3.05, 3.63) is 51.5 Å². The zero-order valence-electron chi connectivity index (χ0n) is 15.8. The molecule has 0 aliphatic heterocycles. The number of ether oxygens (including phenoxy) is 1. The highest BCUT2D eigenvalue weighted by Gasteiger charge is 2.19. The first-order chi connectivity index (χ1) is 12.8. The standard InChI is InChI=1S/C21H25Cl2NO3/c1-4-5-6-7-15-8-10-16(11-9-15)27-14(3)21(26)24-18-12-17(22)13(2)19(23)20(18)25/h8-12,14,25H,4-7H2,1-3H3,(H,24,26). The number of carbonyl (C=O) groups excluding carboxylic acids is 1. The number of rotatable bonds is 8. The van der Waals surface area contributed by atoms with Gasteiger partial charge in [0.2, 0.25) is 0 Å². The summed E-state index contributed by atoms with van der Waals surface area (Å²) in [5.74, 6) is -0.00931. The van der Waals surface area contributed by atoms with Gasteiger partial charge in [-0.1, -0.05) is 55.1 Å². The van der Waals surface area contributed by atoms with Gasteiger partial charge in [0.05, 0.1) is 10.7 Å². The molecular weight excluding hydrogens is 385 g/mol. The maximum absolute atomic E-state index is 12.4. The first-order valence-corrected chi connectivity index (χ1v) is 9.83. The summed E-state index contributed by atoms with van der Waals surface area (Å²) in [4.78, 5) is 12.4. The highest BCUT2D eigenvalue weighted by molar-refractivity contribution is 6.37. The van der Waals surface area contributed by atoms with Crippen LogP contribution in [0.5, 0.6) is 11.5 Å². The van der Waals surface area contributed by atoms with Crippen LogP contribution in [0.25, 0.3) is 0 Å². The van der Waals surface area contributed by atoms with Crippen molar-refractivity contribution >= 4 is 34.8 Å². The van der Waals surface area contributed by atoms with Gasteiger partial charge in [-0.15, -0.1) is 0 Å². The van der Waals surface area contributed by atoms with Crippen LogP contribution in [0.15, 0.2) is 30.3 Å². The Morgan fingerprint density at radius 1 is 1.22 bits per heavy atom. The Morgan fingerprint density at radius 2 is 1.89 bits per heavy atom. The molecule has 0 aliphatic carbocycles. The number of nitrogens with one attached hydrogen (secondary N) is 1. The second-order valence-corrected chi connectivity index (χ2v) is 7.33. The molecule has 0 radical (unpaired) electrons. The summed E-state index contributed by atoms with van der Waals surface area (Å²) in [6, 6.07) is 9.22. The Balaban J connectivity index is 1.98. The molecule has 0 saturated carbocycles. The van der Waals surface area contributed by atoms with Gasteiger partial charge in [0.25, 0.3) is 5.91 Å². The quantitative estimate of drug-likeness (QED) is 0.406. The Labute approximate surface area is 170 Å². The van der Waals surface area contributed by atoms with Gasteiger partial charge in [-0.2, -0.15) is 0 Å². The summed E-state index contributed by atoms with van der Waals surface area (Å²) < 4.78 is 5.69. The van der Waals surface area contributed by atoms with E-state index in [1.807, 2.05) is 24.3 Å². The van der Waals surface area contributed by atoms with Crippen molar-refractivity contribution in [1.29, 1.82) is 0 Å². The van der Waals surface area contributed by atoms with Gasteiger partial charge in [0, 0.05) is 5.02 Å². The molecule has 0 saturated heterocycles. The van der Waals surface area contributed by atoms with Gasteiger partial charge in [0.15, 0.2) is 11.9 Å². The number of hydrogen-bond acceptors (Lipinski definition) is 3. The van der Waals surface area contributed by atoms with Gasteiger partial charge in [-0.05, 0) is 56.0 Å². The van der Waals surface area contributed by atoms with E-state index in [0.717, 1.165) is 6.42 Å². The minimum atomic E-state index is -0.755. The fraction of sp³-hybridized carbons (Fsp3) is 0.381. The molecule has 1 amide bonds. The van der Waals surface area contributed by atoms with E-state index < -0.39 is 12.0 Å². The molecular formula is C21H25Cl2NO3. The molecule has 6 heteroatoms. The van der Waals surface area contributed by atoms with Crippen LogP contribution in [0.1, 0.15) is 44.2 Å². The van der Waals surface area contributed by atoms with E-state index in [-0.39, 0.29) is 16.5 Å². The van der Waals surface area contributed by atoms with Crippen molar-refractivity contribution in [2.75, 3.05) is 5.32 Å². The van der Waals surface area contributed by atoms with E-state index in [2.05, 4.69) is 12.2 Å². The lowest BCUT2D eigenvalue weighted by Gasteiger charge is -2.17. The smallest absolute Gasteiger partial charge is 0.265 e. The number of aromatic hydroxyl groups is 1. The van der Waals surface area contributed by atoms with E-state index in [0.29, 0.717) is 16.3 Å². The monoisotopic (exact) mass is 409 g/mol. The second kappa shape index (κ2) is 9.86. The molecule has 0 heterocycles. The van der Waals surface area contributed by atoms with Crippen molar-refractivity contribution in [1.82, 2.24) is 0 Å². The summed E-state index contributed by atoms with van der Waals surface area (Å²) in [7, 11) is 0. The molecule has 2 rings (SSSR count). The second-order valence-electron chi connectivity index (χ2n) is 6.54. The molecule has 0 spiro atoms. The number of anilines is 1. The van der Waals surface area contributed by atoms with Gasteiger partial charge >= 0.3 is 0 Å². The molecule has 0 fully saturated rings. The summed E-state index contributed by atoms with van der Waals surface area (Å²) in [6.07, 6.45) is 3.86. The molecule has 146 valence electrons. The Hall–Kier alpha value is -1.91. The van der Waals surface area contributed by atoms with Gasteiger partial charge in [-0.25, -0.2) is 0 Å². The Morgan fingerprint density at radius 3 is 2.52 bits per heavy atom. The fourth-order valence-corrected chi connectivity index (χ4v) is 3.06. The van der Waals surface area contributed by atoms with Crippen LogP contribution in [0.3, 0.4) is 0 Å². The summed E-state index contributed by atoms with van der Waals surface area (Å²) >= 11 is 12.1. The van der Waals surface area contributed by atoms with E-state index in [9.17, 15) is 9.90 Å². The van der Waals surface area contributed by atoms with E-state index in [1.165, 1.54) is 30.9 Å². The summed E-state index contributed by atoms with van der Waals surface area (Å²) in [5, 5.41) is 13.2. The maximum atomic E-state index is 12.4. The molecule has 0 bridgehead atoms. The number of amides is 1. The van der Waals surface area contributed by atoms with Crippen LogP contribution < -0.4 is 10.1 Å². The normalized spacial score (nSPS) is 11.9. The molecule has 27 heavy (non-hydrogen) atoms. The van der Waals surface area contributed by atoms with Crippen LogP contribution in [0, 0.1) is 6.92 Å². The number of carbonyl (C=O) groups is 1. The minimum absolute atomic E-state index is 0.116. The van der Waals surface area contributed by atoms with Crippen LogP contribution >= 0.6 is 23.2 Å². The molecule has 2 N–H and O–H groups in total. The van der Waals surface area contributed by atoms with Gasteiger partial charge in [0.1, 0.15) is 5.75 Å². The van der Waals surface area contributed by atoms with Crippen molar-refractivity contribution in [2.24, 2.45) is 0 Å². The summed E-state index contributed by atoms with van der Waals surface area (Å²) in [5.41, 5.74) is 1.96. The third kappa shape index (κ3) is 5.78. The highest BCUT2D eigenvalue weighted by atomic mass is 35.5. The van der Waals surface area contributed by atoms with Crippen molar-refractivity contribution < 1.29 is 14.6 Å². The highest BCUT2D eigenvalue weighted by Crippen LogP contribution is 2.38. The molecule has 0 aliphatic rings. The third-order valence-corrected chi connectivity index (χ3v) is 5.21. The minimum Gasteiger partial charge on any atom is -0.504 e. The number of phenolic OH excluding ortho intramolecular Hbond substituents is 1. The average Bonchev–Trinajstić information content (AvgIpc) is 2.65. The van der Waals surface area contributed by atoms with E-state index in [1.54, 1.807) is 13.8 Å². The van der Waals surface area contributed by atoms with Crippen LogP contribution in [0.4, 0.5) is 5.69 Å². The predicted molar refractivity (Wildman–Crippen MR) is 111 cm³/mol. The zero-order chi connectivity index (χ0) is 20.0. The maximum Gasteiger partial charge on any atom is 0.265 e. The molecule has 2 aromatic rings. The number of hydrogen-bond donors (Lipinski definition) is 2. The molecule has 1 unspecified atom stereocenters. The van der Waals surface area contributed by atoms with Gasteiger partial charge in [-0.3, -0.25) is 4.79 Å². The molecule has 1 atom stereocenters. The van der Waals surface area contributed by atoms with E-state index >= 15 is 0 Å². The lowest BCUT2D eigenvalue weighted by Crippen LogP contribution is -2.30. The number of benzene rings is 2. The number of halogens is 2. The van der Waals surface area contributed by atoms with Crippen LogP contribution in [-0.2, 0) is 11.2 Å². The lowest BCUT2D eigenvalue weighted by molar-refractivity contribution is -0.122. The Bertz CT molecular complexity index is 791. The number of unbranched alkanes of at least 4 members (excludes halogenated alkanes) is 2. The van der Waals surface area contributed by atoms with Crippen molar-refractivity contribution in [3.8, 4) is 11.5 Å². The first kappa shape index (κ1) is 21.4. The van der Waals surface area contributed by atoms with E-state index in [4.69, 9.17) is 27.9 Å². The fourth-order valence-electron chi connectivity index (χ4n) is 2.61. The molecule has 4 nitrogen and oxygen atoms in total. The van der Waals surface area contributed by atoms with Crippen molar-refractivity contribution in [2.45, 2.75) is 52.6 Å². The van der Waals surface area contributed by atoms with Gasteiger partial charge < -0.3 is 15.2 Å².